The summed E-state index contributed by atoms with van der Waals surface area (Å²) in [4.78, 5) is 11.6. The van der Waals surface area contributed by atoms with Crippen LogP contribution in [-0.2, 0) is 14.8 Å². The topological polar surface area (TPSA) is 101 Å². The molecule has 0 atom stereocenters. The van der Waals surface area contributed by atoms with E-state index in [9.17, 15) is 13.2 Å². The lowest BCUT2D eigenvalue weighted by Gasteiger charge is -2.20. The maximum Gasteiger partial charge on any atom is 0.244 e. The Morgan fingerprint density at radius 2 is 1.86 bits per heavy atom. The van der Waals surface area contributed by atoms with Crippen LogP contribution in [0.3, 0.4) is 0 Å². The van der Waals surface area contributed by atoms with E-state index in [1.165, 1.54) is 6.07 Å². The largest absolute Gasteiger partial charge is 0.398 e. The van der Waals surface area contributed by atoms with E-state index >= 15 is 0 Å². The van der Waals surface area contributed by atoms with Gasteiger partial charge >= 0.3 is 0 Å². The number of nitrogen functional groups attached to an aromatic ring is 1. The molecule has 0 bridgehead atoms. The molecule has 1 rings (SSSR count). The first kappa shape index (κ1) is 18.4. The Balaban J connectivity index is 2.91. The number of carbonyl (C=O) groups is 1. The van der Waals surface area contributed by atoms with Crippen LogP contribution >= 0.6 is 31.9 Å². The molecule has 1 aromatic carbocycles. The van der Waals surface area contributed by atoms with Gasteiger partial charge in [-0.3, -0.25) is 4.79 Å². The van der Waals surface area contributed by atoms with E-state index in [-0.39, 0.29) is 17.1 Å². The summed E-state index contributed by atoms with van der Waals surface area (Å²) in [6.45, 7) is 5.07. The van der Waals surface area contributed by atoms with Crippen molar-refractivity contribution in [2.75, 3.05) is 12.3 Å². The number of halogens is 2. The van der Waals surface area contributed by atoms with Gasteiger partial charge in [0.05, 0.1) is 12.2 Å². The molecule has 0 unspecified atom stereocenters. The van der Waals surface area contributed by atoms with Gasteiger partial charge in [-0.1, -0.05) is 15.9 Å². The third-order valence-corrected chi connectivity index (χ3v) is 5.11. The van der Waals surface area contributed by atoms with Crippen molar-refractivity contribution in [2.24, 2.45) is 0 Å². The van der Waals surface area contributed by atoms with Gasteiger partial charge < -0.3 is 11.1 Å². The molecule has 0 aromatic heterocycles. The van der Waals surface area contributed by atoms with Gasteiger partial charge in [-0.25, -0.2) is 13.1 Å². The van der Waals surface area contributed by atoms with Gasteiger partial charge in [0.25, 0.3) is 0 Å². The molecular formula is C12H17Br2N3O3S. The number of nitrogens with one attached hydrogen (secondary N) is 2. The molecule has 6 nitrogen and oxygen atoms in total. The summed E-state index contributed by atoms with van der Waals surface area (Å²) in [5, 5.41) is 2.67. The predicted octanol–water partition coefficient (Wildman–Crippen LogP) is 1.99. The highest BCUT2D eigenvalue weighted by Gasteiger charge is 2.23. The lowest BCUT2D eigenvalue weighted by molar-refractivity contribution is -0.121. The average molecular weight is 443 g/mol. The Morgan fingerprint density at radius 3 is 2.33 bits per heavy atom. The molecule has 0 saturated carbocycles. The van der Waals surface area contributed by atoms with Crippen molar-refractivity contribution in [1.29, 1.82) is 0 Å². The Labute approximate surface area is 141 Å². The standard InChI is InChI=1S/C12H17Br2N3O3S/c1-12(2,3)17-10(18)6-16-21(19,20)11-8(14)4-7(13)5-9(11)15/h4-5,16H,6,15H2,1-3H3,(H,17,18). The molecule has 9 heteroatoms. The third-order valence-electron chi connectivity index (χ3n) is 2.24. The maximum atomic E-state index is 12.2. The highest BCUT2D eigenvalue weighted by Crippen LogP contribution is 2.31. The van der Waals surface area contributed by atoms with Crippen LogP contribution in [0.1, 0.15) is 20.8 Å². The zero-order valence-corrected chi connectivity index (χ0v) is 15.8. The van der Waals surface area contributed by atoms with Crippen LogP contribution in [0.4, 0.5) is 5.69 Å². The fourth-order valence-electron chi connectivity index (χ4n) is 1.56. The van der Waals surface area contributed by atoms with Crippen LogP contribution in [-0.4, -0.2) is 26.4 Å². The fraction of sp³-hybridized carbons (Fsp3) is 0.417. The smallest absolute Gasteiger partial charge is 0.244 e. The molecule has 0 fully saturated rings. The number of sulfonamides is 1. The van der Waals surface area contributed by atoms with E-state index in [0.717, 1.165) is 0 Å². The van der Waals surface area contributed by atoms with Gasteiger partial charge in [0.2, 0.25) is 15.9 Å². The van der Waals surface area contributed by atoms with Gasteiger partial charge in [0.15, 0.2) is 0 Å². The maximum absolute atomic E-state index is 12.2. The zero-order chi connectivity index (χ0) is 16.4. The number of carbonyl (C=O) groups excluding carboxylic acids is 1. The van der Waals surface area contributed by atoms with Crippen molar-refractivity contribution in [1.82, 2.24) is 10.0 Å². The van der Waals surface area contributed by atoms with E-state index in [0.29, 0.717) is 8.95 Å². The summed E-state index contributed by atoms with van der Waals surface area (Å²) < 4.78 is 27.7. The first-order valence-corrected chi connectivity index (χ1v) is 9.04. The zero-order valence-electron chi connectivity index (χ0n) is 11.8. The molecule has 0 heterocycles. The Kier molecular flexibility index (Phi) is 5.82. The Bertz CT molecular complexity index is 631. The van der Waals surface area contributed by atoms with Gasteiger partial charge in [-0.05, 0) is 48.8 Å². The van der Waals surface area contributed by atoms with Crippen molar-refractivity contribution in [2.45, 2.75) is 31.2 Å². The normalized spacial score (nSPS) is 12.2. The number of hydrogen-bond acceptors (Lipinski definition) is 4. The van der Waals surface area contributed by atoms with Crippen LogP contribution in [0, 0.1) is 0 Å². The molecule has 0 aliphatic carbocycles. The van der Waals surface area contributed by atoms with Gasteiger partial charge in [0, 0.05) is 14.5 Å². The van der Waals surface area contributed by atoms with Crippen LogP contribution < -0.4 is 15.8 Å². The van der Waals surface area contributed by atoms with E-state index in [1.54, 1.807) is 6.07 Å². The third kappa shape index (κ3) is 5.57. The molecule has 0 aliphatic rings. The van der Waals surface area contributed by atoms with E-state index in [2.05, 4.69) is 41.9 Å². The molecule has 118 valence electrons. The molecule has 4 N–H and O–H groups in total. The van der Waals surface area contributed by atoms with Crippen LogP contribution in [0.25, 0.3) is 0 Å². The number of hydrogen-bond donors (Lipinski definition) is 3. The van der Waals surface area contributed by atoms with E-state index < -0.39 is 21.5 Å². The number of amides is 1. The molecular weight excluding hydrogens is 426 g/mol. The van der Waals surface area contributed by atoms with Gasteiger partial charge in [-0.2, -0.15) is 0 Å². The minimum atomic E-state index is -3.89. The molecule has 0 radical (unpaired) electrons. The molecule has 1 amide bonds. The van der Waals surface area contributed by atoms with Crippen molar-refractivity contribution >= 4 is 53.5 Å². The first-order chi connectivity index (χ1) is 9.42. The van der Waals surface area contributed by atoms with Crippen LogP contribution in [0.15, 0.2) is 26.0 Å². The molecule has 1 aromatic rings. The van der Waals surface area contributed by atoms with Gasteiger partial charge in [0.1, 0.15) is 4.90 Å². The second kappa shape index (κ2) is 6.64. The van der Waals surface area contributed by atoms with Crippen molar-refractivity contribution in [3.63, 3.8) is 0 Å². The predicted molar refractivity (Wildman–Crippen MR) is 89.3 cm³/mol. The highest BCUT2D eigenvalue weighted by atomic mass is 79.9. The number of nitrogens with two attached hydrogens (primary N) is 1. The van der Waals surface area contributed by atoms with Crippen molar-refractivity contribution in [3.05, 3.63) is 21.1 Å². The quantitative estimate of drug-likeness (QED) is 0.620. The van der Waals surface area contributed by atoms with Gasteiger partial charge in [-0.15, -0.1) is 0 Å². The van der Waals surface area contributed by atoms with Crippen molar-refractivity contribution in [3.8, 4) is 0 Å². The summed E-state index contributed by atoms with van der Waals surface area (Å²) >= 11 is 6.38. The summed E-state index contributed by atoms with van der Waals surface area (Å²) in [5.74, 6) is -0.419. The SMILES string of the molecule is CC(C)(C)NC(=O)CNS(=O)(=O)c1c(N)cc(Br)cc1Br. The van der Waals surface area contributed by atoms with Crippen LogP contribution in [0.2, 0.25) is 0 Å². The minimum absolute atomic E-state index is 0.0833. The summed E-state index contributed by atoms with van der Waals surface area (Å²) in [5.41, 5.74) is 5.39. The van der Waals surface area contributed by atoms with Crippen LogP contribution in [0.5, 0.6) is 0 Å². The lowest BCUT2D eigenvalue weighted by Crippen LogP contribution is -2.45. The Morgan fingerprint density at radius 1 is 1.29 bits per heavy atom. The number of rotatable bonds is 4. The fourth-order valence-corrected chi connectivity index (χ4v) is 4.61. The number of anilines is 1. The highest BCUT2D eigenvalue weighted by molar-refractivity contribution is 9.11. The second-order valence-corrected chi connectivity index (χ2v) is 8.90. The average Bonchev–Trinajstić information content (AvgIpc) is 2.22. The summed E-state index contributed by atoms with van der Waals surface area (Å²) in [6, 6.07) is 3.05. The minimum Gasteiger partial charge on any atom is -0.398 e. The molecule has 0 spiro atoms. The molecule has 0 saturated heterocycles. The lowest BCUT2D eigenvalue weighted by atomic mass is 10.1. The monoisotopic (exact) mass is 441 g/mol. The van der Waals surface area contributed by atoms with E-state index in [4.69, 9.17) is 5.73 Å². The Hall–Kier alpha value is -0.640. The second-order valence-electron chi connectivity index (χ2n) is 5.43. The van der Waals surface area contributed by atoms with E-state index in [1.807, 2.05) is 20.8 Å². The van der Waals surface area contributed by atoms with Crippen molar-refractivity contribution < 1.29 is 13.2 Å². The number of benzene rings is 1. The summed E-state index contributed by atoms with van der Waals surface area (Å²) in [6.07, 6.45) is 0. The summed E-state index contributed by atoms with van der Waals surface area (Å²) in [7, 11) is -3.89. The molecule has 21 heavy (non-hydrogen) atoms. The first-order valence-electron chi connectivity index (χ1n) is 5.97. The molecule has 0 aliphatic heterocycles.